The lowest BCUT2D eigenvalue weighted by atomic mass is 10.1. The summed E-state index contributed by atoms with van der Waals surface area (Å²) >= 11 is 0. The summed E-state index contributed by atoms with van der Waals surface area (Å²) in [5.74, 6) is 0. The first kappa shape index (κ1) is 15.0. The molecule has 2 nitrogen and oxygen atoms in total. The Morgan fingerprint density at radius 3 is 2.82 bits per heavy atom. The van der Waals surface area contributed by atoms with Gasteiger partial charge in [-0.05, 0) is 45.6 Å². The van der Waals surface area contributed by atoms with E-state index in [9.17, 15) is 0 Å². The average Bonchev–Trinajstić information content (AvgIpc) is 2.36. The first-order chi connectivity index (χ1) is 8.33. The lowest BCUT2D eigenvalue weighted by Crippen LogP contribution is -2.30. The third kappa shape index (κ3) is 7.77. The van der Waals surface area contributed by atoms with Crippen molar-refractivity contribution in [1.82, 2.24) is 5.32 Å². The highest BCUT2D eigenvalue weighted by Gasteiger charge is 2.13. The van der Waals surface area contributed by atoms with Crippen molar-refractivity contribution in [2.24, 2.45) is 0 Å². The van der Waals surface area contributed by atoms with Gasteiger partial charge in [0.2, 0.25) is 0 Å². The second kappa shape index (κ2) is 9.90. The molecule has 0 aromatic rings. The van der Waals surface area contributed by atoms with Crippen molar-refractivity contribution >= 4 is 0 Å². The molecule has 0 aliphatic carbocycles. The van der Waals surface area contributed by atoms with Gasteiger partial charge in [0.15, 0.2) is 0 Å². The van der Waals surface area contributed by atoms with Crippen LogP contribution in [0.5, 0.6) is 0 Å². The van der Waals surface area contributed by atoms with Gasteiger partial charge in [-0.1, -0.05) is 32.6 Å². The number of hydrogen-bond acceptors (Lipinski definition) is 2. The summed E-state index contributed by atoms with van der Waals surface area (Å²) in [7, 11) is 0. The van der Waals surface area contributed by atoms with Crippen LogP contribution in [0.15, 0.2) is 0 Å². The van der Waals surface area contributed by atoms with Gasteiger partial charge >= 0.3 is 0 Å². The van der Waals surface area contributed by atoms with Crippen LogP contribution in [0, 0.1) is 0 Å². The van der Waals surface area contributed by atoms with Crippen molar-refractivity contribution < 1.29 is 4.74 Å². The van der Waals surface area contributed by atoms with Crippen LogP contribution >= 0.6 is 0 Å². The van der Waals surface area contributed by atoms with Crippen molar-refractivity contribution in [2.75, 3.05) is 13.2 Å². The second-order valence-electron chi connectivity index (χ2n) is 5.48. The predicted octanol–water partition coefficient (Wildman–Crippen LogP) is 3.89. The van der Waals surface area contributed by atoms with E-state index in [1.54, 1.807) is 0 Å². The van der Waals surface area contributed by atoms with Gasteiger partial charge in [-0.15, -0.1) is 0 Å². The van der Waals surface area contributed by atoms with E-state index in [4.69, 9.17) is 4.74 Å². The summed E-state index contributed by atoms with van der Waals surface area (Å²) in [6.07, 6.45) is 12.4. The first-order valence-electron chi connectivity index (χ1n) is 7.68. The molecule has 1 N–H and O–H groups in total. The van der Waals surface area contributed by atoms with E-state index in [0.717, 1.165) is 13.2 Å². The summed E-state index contributed by atoms with van der Waals surface area (Å²) in [5, 5.41) is 3.63. The van der Waals surface area contributed by atoms with Gasteiger partial charge in [0, 0.05) is 12.6 Å². The molecule has 0 bridgehead atoms. The van der Waals surface area contributed by atoms with Gasteiger partial charge in [-0.25, -0.2) is 0 Å². The van der Waals surface area contributed by atoms with E-state index in [0.29, 0.717) is 12.1 Å². The largest absolute Gasteiger partial charge is 0.378 e. The number of hydrogen-bond donors (Lipinski definition) is 1. The maximum absolute atomic E-state index is 5.73. The second-order valence-corrected chi connectivity index (χ2v) is 5.48. The fourth-order valence-corrected chi connectivity index (χ4v) is 2.51. The zero-order valence-electron chi connectivity index (χ0n) is 11.8. The van der Waals surface area contributed by atoms with Crippen LogP contribution in [0.4, 0.5) is 0 Å². The zero-order valence-corrected chi connectivity index (χ0v) is 11.8. The first-order valence-corrected chi connectivity index (χ1v) is 7.68. The van der Waals surface area contributed by atoms with Gasteiger partial charge in [-0.3, -0.25) is 0 Å². The quantitative estimate of drug-likeness (QED) is 0.618. The molecule has 0 radical (unpaired) electrons. The minimum absolute atomic E-state index is 0.531. The Morgan fingerprint density at radius 1 is 1.24 bits per heavy atom. The molecule has 1 rings (SSSR count). The molecule has 1 saturated heterocycles. The number of unbranched alkanes of at least 4 members (excludes halogenated alkanes) is 3. The Bertz CT molecular complexity index is 166. The van der Waals surface area contributed by atoms with Gasteiger partial charge in [-0.2, -0.15) is 0 Å². The van der Waals surface area contributed by atoms with Crippen molar-refractivity contribution in [2.45, 2.75) is 83.8 Å². The van der Waals surface area contributed by atoms with Crippen LogP contribution in [0.3, 0.4) is 0 Å². The molecule has 1 aliphatic rings. The van der Waals surface area contributed by atoms with Crippen molar-refractivity contribution in [1.29, 1.82) is 0 Å². The zero-order chi connectivity index (χ0) is 12.3. The minimum atomic E-state index is 0.531. The third-order valence-corrected chi connectivity index (χ3v) is 3.72. The van der Waals surface area contributed by atoms with Crippen LogP contribution < -0.4 is 5.32 Å². The van der Waals surface area contributed by atoms with E-state index < -0.39 is 0 Å². The Labute approximate surface area is 108 Å². The molecular formula is C15H31NO. The third-order valence-electron chi connectivity index (χ3n) is 3.72. The predicted molar refractivity (Wildman–Crippen MR) is 74.4 cm³/mol. The fourth-order valence-electron chi connectivity index (χ4n) is 2.51. The Kier molecular flexibility index (Phi) is 8.72. The molecule has 0 amide bonds. The molecule has 0 aromatic carbocycles. The SMILES string of the molecule is CCCCCCC(C)NCCC1CCCCO1. The summed E-state index contributed by atoms with van der Waals surface area (Å²) in [5.41, 5.74) is 0. The van der Waals surface area contributed by atoms with Crippen LogP contribution in [0.25, 0.3) is 0 Å². The van der Waals surface area contributed by atoms with Crippen LogP contribution in [0.2, 0.25) is 0 Å². The molecule has 0 saturated carbocycles. The van der Waals surface area contributed by atoms with E-state index in [-0.39, 0.29) is 0 Å². The molecule has 1 fully saturated rings. The normalized spacial score (nSPS) is 22.6. The van der Waals surface area contributed by atoms with Crippen LogP contribution in [-0.4, -0.2) is 25.3 Å². The molecule has 2 atom stereocenters. The molecule has 0 spiro atoms. The lowest BCUT2D eigenvalue weighted by Gasteiger charge is -2.23. The molecule has 102 valence electrons. The summed E-state index contributed by atoms with van der Waals surface area (Å²) in [4.78, 5) is 0. The van der Waals surface area contributed by atoms with Crippen molar-refractivity contribution in [3.8, 4) is 0 Å². The molecule has 0 aromatic heterocycles. The van der Waals surface area contributed by atoms with Crippen LogP contribution in [0.1, 0.15) is 71.6 Å². The summed E-state index contributed by atoms with van der Waals surface area (Å²) < 4.78 is 5.73. The van der Waals surface area contributed by atoms with Crippen molar-refractivity contribution in [3.63, 3.8) is 0 Å². The Hall–Kier alpha value is -0.0800. The maximum atomic E-state index is 5.73. The molecule has 1 heterocycles. The highest BCUT2D eigenvalue weighted by atomic mass is 16.5. The van der Waals surface area contributed by atoms with E-state index in [1.165, 1.54) is 57.8 Å². The number of ether oxygens (including phenoxy) is 1. The number of rotatable bonds is 9. The molecule has 1 aliphatic heterocycles. The topological polar surface area (TPSA) is 21.3 Å². The summed E-state index contributed by atoms with van der Waals surface area (Å²) in [6, 6.07) is 0.676. The molecule has 2 unspecified atom stereocenters. The average molecular weight is 241 g/mol. The Balaban J connectivity index is 1.90. The van der Waals surface area contributed by atoms with Gasteiger partial charge in [0.1, 0.15) is 0 Å². The minimum Gasteiger partial charge on any atom is -0.378 e. The van der Waals surface area contributed by atoms with Gasteiger partial charge in [0.25, 0.3) is 0 Å². The molecule has 17 heavy (non-hydrogen) atoms. The molecule has 2 heteroatoms. The smallest absolute Gasteiger partial charge is 0.0587 e. The van der Waals surface area contributed by atoms with E-state index in [2.05, 4.69) is 19.2 Å². The van der Waals surface area contributed by atoms with E-state index in [1.807, 2.05) is 0 Å². The standard InChI is InChI=1S/C15H31NO/c1-3-4-5-6-9-14(2)16-12-11-15-10-7-8-13-17-15/h14-16H,3-13H2,1-2H3. The van der Waals surface area contributed by atoms with Gasteiger partial charge < -0.3 is 10.1 Å². The summed E-state index contributed by atoms with van der Waals surface area (Å²) in [6.45, 7) is 6.69. The number of nitrogens with one attached hydrogen (secondary N) is 1. The van der Waals surface area contributed by atoms with Crippen LogP contribution in [-0.2, 0) is 4.74 Å². The maximum Gasteiger partial charge on any atom is 0.0587 e. The highest BCUT2D eigenvalue weighted by molar-refractivity contribution is 4.67. The highest BCUT2D eigenvalue weighted by Crippen LogP contribution is 2.15. The van der Waals surface area contributed by atoms with Gasteiger partial charge in [0.05, 0.1) is 6.10 Å². The molecular weight excluding hydrogens is 210 g/mol. The fraction of sp³-hybridized carbons (Fsp3) is 1.00. The lowest BCUT2D eigenvalue weighted by molar-refractivity contribution is 0.0112. The Morgan fingerprint density at radius 2 is 2.12 bits per heavy atom. The van der Waals surface area contributed by atoms with Crippen molar-refractivity contribution in [3.05, 3.63) is 0 Å². The van der Waals surface area contributed by atoms with E-state index >= 15 is 0 Å². The monoisotopic (exact) mass is 241 g/mol.